The van der Waals surface area contributed by atoms with Crippen molar-refractivity contribution in [3.8, 4) is 11.1 Å². The van der Waals surface area contributed by atoms with E-state index in [0.717, 1.165) is 12.3 Å². The molecule has 5 N–H and O–H groups in total. The molecule has 0 aliphatic heterocycles. The van der Waals surface area contributed by atoms with Gasteiger partial charge in [-0.25, -0.2) is 35.4 Å². The van der Waals surface area contributed by atoms with Gasteiger partial charge in [0.05, 0.1) is 41.5 Å². The number of carbonyl (C=O) groups is 1. The molecular weight excluding hydrogens is 551 g/mol. The number of para-hydroxylation sites is 1. The third kappa shape index (κ3) is 6.33. The van der Waals surface area contributed by atoms with E-state index >= 15 is 0 Å². The predicted molar refractivity (Wildman–Crippen MR) is 143 cm³/mol. The molecule has 2 heterocycles. The van der Waals surface area contributed by atoms with Crippen LogP contribution in [0.5, 0.6) is 0 Å². The monoisotopic (exact) mass is 578 g/mol. The van der Waals surface area contributed by atoms with Gasteiger partial charge in [-0.15, -0.1) is 5.10 Å². The largest absolute Gasteiger partial charge is 0.477 e. The second-order valence-electron chi connectivity index (χ2n) is 9.12. The van der Waals surface area contributed by atoms with Gasteiger partial charge in [0.25, 0.3) is 0 Å². The number of rotatable bonds is 11. The van der Waals surface area contributed by atoms with E-state index in [0.29, 0.717) is 22.2 Å². The van der Waals surface area contributed by atoms with E-state index in [9.17, 15) is 31.1 Å². The van der Waals surface area contributed by atoms with E-state index in [2.05, 4.69) is 20.0 Å². The third-order valence-electron chi connectivity index (χ3n) is 6.10. The minimum absolute atomic E-state index is 0.0143. The van der Waals surface area contributed by atoms with Crippen LogP contribution in [0.3, 0.4) is 0 Å². The van der Waals surface area contributed by atoms with E-state index in [4.69, 9.17) is 5.73 Å². The second-order valence-corrected chi connectivity index (χ2v) is 13.2. The first-order chi connectivity index (χ1) is 18.3. The standard InChI is InChI=1S/C24H27FN6O6S2/c1-14(31-12-17(29-30-31)11-27-39(36,37)9-8-26)18-4-3-5-19-21(23(24(32)33)28-22(18)19)15-6-7-16(20(25)10-15)13-38(2,34)35/h3-7,10,12,14,27-28H,8-9,11,13,26H2,1-2H3,(H,32,33)/t14-/m0/s1. The first-order valence-corrected chi connectivity index (χ1v) is 15.4. The lowest BCUT2D eigenvalue weighted by atomic mass is 9.98. The summed E-state index contributed by atoms with van der Waals surface area (Å²) in [5.41, 5.74) is 7.18. The Kier molecular flexibility index (Phi) is 7.88. The number of H-pyrrole nitrogens is 1. The number of hydrogen-bond donors (Lipinski definition) is 4. The molecule has 0 unspecified atom stereocenters. The number of sulfonamides is 1. The summed E-state index contributed by atoms with van der Waals surface area (Å²) in [6, 6.07) is 8.71. The first-order valence-electron chi connectivity index (χ1n) is 11.7. The van der Waals surface area contributed by atoms with Crippen LogP contribution in [0.1, 0.15) is 40.3 Å². The zero-order chi connectivity index (χ0) is 28.5. The van der Waals surface area contributed by atoms with Crippen LogP contribution in [-0.2, 0) is 32.2 Å². The van der Waals surface area contributed by atoms with Crippen LogP contribution >= 0.6 is 0 Å². The number of aromatic carboxylic acids is 1. The lowest BCUT2D eigenvalue weighted by Crippen LogP contribution is -2.29. The summed E-state index contributed by atoms with van der Waals surface area (Å²) >= 11 is 0. The molecule has 0 aliphatic carbocycles. The molecule has 15 heteroatoms. The van der Waals surface area contributed by atoms with Gasteiger partial charge in [-0.2, -0.15) is 0 Å². The lowest BCUT2D eigenvalue weighted by molar-refractivity contribution is 0.0692. The fraction of sp³-hybridized carbons (Fsp3) is 0.292. The number of benzene rings is 2. The Morgan fingerprint density at radius 3 is 2.62 bits per heavy atom. The number of aromatic amines is 1. The zero-order valence-corrected chi connectivity index (χ0v) is 22.7. The molecule has 4 rings (SSSR count). The van der Waals surface area contributed by atoms with Crippen molar-refractivity contribution in [2.45, 2.75) is 25.3 Å². The number of nitrogens with two attached hydrogens (primary N) is 1. The minimum Gasteiger partial charge on any atom is -0.477 e. The van der Waals surface area contributed by atoms with Gasteiger partial charge in [-0.3, -0.25) is 0 Å². The topological polar surface area (TPSA) is 190 Å². The molecule has 0 saturated heterocycles. The molecule has 2 aromatic heterocycles. The van der Waals surface area contributed by atoms with Gasteiger partial charge in [0.15, 0.2) is 9.84 Å². The van der Waals surface area contributed by atoms with Crippen LogP contribution in [-0.4, -0.2) is 66.4 Å². The van der Waals surface area contributed by atoms with Crippen LogP contribution in [0, 0.1) is 5.82 Å². The number of nitrogens with one attached hydrogen (secondary N) is 2. The van der Waals surface area contributed by atoms with Crippen molar-refractivity contribution >= 4 is 36.7 Å². The third-order valence-corrected chi connectivity index (χ3v) is 8.30. The number of fused-ring (bicyclic) bond motifs is 1. The summed E-state index contributed by atoms with van der Waals surface area (Å²) in [5.74, 6) is -2.71. The van der Waals surface area contributed by atoms with Gasteiger partial charge in [0.2, 0.25) is 10.0 Å². The number of sulfone groups is 1. The van der Waals surface area contributed by atoms with Crippen LogP contribution in [0.4, 0.5) is 4.39 Å². The fourth-order valence-corrected chi connectivity index (χ4v) is 5.91. The highest BCUT2D eigenvalue weighted by molar-refractivity contribution is 7.90. The number of carboxylic acid groups (broad SMARTS) is 1. The van der Waals surface area contributed by atoms with Gasteiger partial charge in [-0.05, 0) is 18.6 Å². The Balaban J connectivity index is 1.72. The van der Waals surface area contributed by atoms with Crippen molar-refractivity contribution in [3.05, 3.63) is 70.9 Å². The minimum atomic E-state index is -3.54. The smallest absolute Gasteiger partial charge is 0.352 e. The molecule has 0 amide bonds. The molecule has 1 atom stereocenters. The molecule has 12 nitrogen and oxygen atoms in total. The number of hydrogen-bond acceptors (Lipinski definition) is 8. The Labute approximate surface area is 224 Å². The Bertz CT molecular complexity index is 1760. The van der Waals surface area contributed by atoms with E-state index in [1.54, 1.807) is 24.4 Å². The second kappa shape index (κ2) is 10.8. The zero-order valence-electron chi connectivity index (χ0n) is 21.0. The molecule has 0 aliphatic rings. The van der Waals surface area contributed by atoms with Crippen LogP contribution < -0.4 is 10.5 Å². The van der Waals surface area contributed by atoms with E-state index in [-0.39, 0.29) is 41.2 Å². The highest BCUT2D eigenvalue weighted by Gasteiger charge is 2.24. The van der Waals surface area contributed by atoms with Crippen molar-refractivity contribution in [1.82, 2.24) is 24.7 Å². The summed E-state index contributed by atoms with van der Waals surface area (Å²) < 4.78 is 65.7. The molecule has 0 fully saturated rings. The van der Waals surface area contributed by atoms with Crippen molar-refractivity contribution in [3.63, 3.8) is 0 Å². The van der Waals surface area contributed by atoms with Crippen molar-refractivity contribution in [2.75, 3.05) is 18.6 Å². The normalized spacial score (nSPS) is 13.1. The first kappa shape index (κ1) is 28.4. The van der Waals surface area contributed by atoms with Gasteiger partial charge in [0.1, 0.15) is 11.5 Å². The molecule has 0 radical (unpaired) electrons. The summed E-state index contributed by atoms with van der Waals surface area (Å²) in [6.45, 7) is 1.72. The van der Waals surface area contributed by atoms with Crippen molar-refractivity contribution in [1.29, 1.82) is 0 Å². The molecule has 4 aromatic rings. The van der Waals surface area contributed by atoms with Gasteiger partial charge in [-0.1, -0.05) is 35.5 Å². The average Bonchev–Trinajstić information content (AvgIpc) is 3.48. The van der Waals surface area contributed by atoms with Crippen molar-refractivity contribution < 1.29 is 31.1 Å². The van der Waals surface area contributed by atoms with Crippen LogP contribution in [0.2, 0.25) is 0 Å². The lowest BCUT2D eigenvalue weighted by Gasteiger charge is -2.13. The molecule has 0 bridgehead atoms. The van der Waals surface area contributed by atoms with E-state index < -0.39 is 43.4 Å². The van der Waals surface area contributed by atoms with E-state index in [1.807, 2.05) is 6.92 Å². The van der Waals surface area contributed by atoms with Crippen molar-refractivity contribution in [2.24, 2.45) is 5.73 Å². The summed E-state index contributed by atoms with van der Waals surface area (Å²) in [5, 5.41) is 18.5. The quantitative estimate of drug-likeness (QED) is 0.205. The maximum atomic E-state index is 14.8. The Morgan fingerprint density at radius 1 is 1.23 bits per heavy atom. The molecule has 208 valence electrons. The van der Waals surface area contributed by atoms with Gasteiger partial charge >= 0.3 is 5.97 Å². The molecular formula is C24H27FN6O6S2. The van der Waals surface area contributed by atoms with E-state index in [1.165, 1.54) is 16.8 Å². The summed E-state index contributed by atoms with van der Waals surface area (Å²) in [7, 11) is -7.01. The van der Waals surface area contributed by atoms with Gasteiger partial charge < -0.3 is 15.8 Å². The van der Waals surface area contributed by atoms with Crippen LogP contribution in [0.25, 0.3) is 22.0 Å². The number of carboxylic acids is 1. The van der Waals surface area contributed by atoms with Crippen LogP contribution in [0.15, 0.2) is 42.6 Å². The highest BCUT2D eigenvalue weighted by atomic mass is 32.2. The summed E-state index contributed by atoms with van der Waals surface area (Å²) in [4.78, 5) is 15.1. The maximum absolute atomic E-state index is 14.8. The number of aromatic nitrogens is 4. The summed E-state index contributed by atoms with van der Waals surface area (Å²) in [6.07, 6.45) is 2.58. The molecule has 0 spiro atoms. The maximum Gasteiger partial charge on any atom is 0.352 e. The number of halogens is 1. The Hall–Kier alpha value is -3.66. The number of nitrogens with zero attached hydrogens (tertiary/aromatic N) is 3. The molecule has 39 heavy (non-hydrogen) atoms. The SMILES string of the molecule is C[C@@H](c1cccc2c(-c3ccc(CS(C)(=O)=O)c(F)c3)c(C(=O)O)[nH]c12)n1cc(CNS(=O)(=O)CCN)nn1. The Morgan fingerprint density at radius 2 is 1.97 bits per heavy atom. The molecule has 0 saturated carbocycles. The molecule has 2 aromatic carbocycles. The highest BCUT2D eigenvalue weighted by Crippen LogP contribution is 2.37. The predicted octanol–water partition coefficient (Wildman–Crippen LogP) is 1.80. The average molecular weight is 579 g/mol. The van der Waals surface area contributed by atoms with Gasteiger partial charge in [0, 0.05) is 34.9 Å². The fourth-order valence-electron chi connectivity index (χ4n) is 4.29.